The van der Waals surface area contributed by atoms with Gasteiger partial charge in [-0.25, -0.2) is 14.6 Å². The average Bonchev–Trinajstić information content (AvgIpc) is 3.21. The molecule has 1 amide bonds. The lowest BCUT2D eigenvalue weighted by molar-refractivity contribution is -0.134. The first-order valence-electron chi connectivity index (χ1n) is 11.3. The zero-order chi connectivity index (χ0) is 24.8. The van der Waals surface area contributed by atoms with Gasteiger partial charge in [-0.1, -0.05) is 39.0 Å². The van der Waals surface area contributed by atoms with E-state index >= 15 is 0 Å². The minimum absolute atomic E-state index is 0.00619. The second-order valence-electron chi connectivity index (χ2n) is 8.31. The number of nitrogens with zero attached hydrogens (tertiary/aromatic N) is 4. The zero-order valence-electron chi connectivity index (χ0n) is 20.5. The van der Waals surface area contributed by atoms with Crippen molar-refractivity contribution in [3.8, 4) is 22.9 Å². The van der Waals surface area contributed by atoms with Gasteiger partial charge in [-0.2, -0.15) is 5.10 Å². The van der Waals surface area contributed by atoms with Gasteiger partial charge in [-0.05, 0) is 30.9 Å². The lowest BCUT2D eigenvalue weighted by Gasteiger charge is -2.14. The van der Waals surface area contributed by atoms with Crippen LogP contribution in [0.3, 0.4) is 0 Å². The molecule has 0 bridgehead atoms. The maximum atomic E-state index is 13.1. The van der Waals surface area contributed by atoms with Crippen LogP contribution >= 0.6 is 0 Å². The van der Waals surface area contributed by atoms with E-state index in [4.69, 9.17) is 9.47 Å². The maximum Gasteiger partial charge on any atom is 0.311 e. The number of carbonyl (C=O) groups excluding carboxylic acids is 2. The van der Waals surface area contributed by atoms with Crippen LogP contribution in [0.4, 0.5) is 0 Å². The van der Waals surface area contributed by atoms with Crippen molar-refractivity contribution in [1.82, 2.24) is 25.1 Å². The van der Waals surface area contributed by atoms with Crippen LogP contribution in [0.25, 0.3) is 11.4 Å². The van der Waals surface area contributed by atoms with Gasteiger partial charge in [0.05, 0.1) is 13.2 Å². The van der Waals surface area contributed by atoms with Crippen molar-refractivity contribution in [1.29, 1.82) is 0 Å². The Morgan fingerprint density at radius 1 is 1.18 bits per heavy atom. The van der Waals surface area contributed by atoms with Gasteiger partial charge in [0.2, 0.25) is 5.75 Å². The normalized spacial score (nSPS) is 11.9. The average molecular weight is 466 g/mol. The topological polar surface area (TPSA) is 108 Å². The summed E-state index contributed by atoms with van der Waals surface area (Å²) < 4.78 is 12.4. The van der Waals surface area contributed by atoms with E-state index in [9.17, 15) is 9.59 Å². The maximum absolute atomic E-state index is 13.1. The van der Waals surface area contributed by atoms with Gasteiger partial charge in [0.15, 0.2) is 23.1 Å². The molecular weight excluding hydrogens is 434 g/mol. The number of nitrogens with one attached hydrogen (secondary N) is 1. The molecular formula is C25H31N5O4. The lowest BCUT2D eigenvalue weighted by atomic mass is 10.0. The molecule has 2 heterocycles. The van der Waals surface area contributed by atoms with Gasteiger partial charge >= 0.3 is 5.97 Å². The van der Waals surface area contributed by atoms with Crippen LogP contribution in [0.2, 0.25) is 0 Å². The van der Waals surface area contributed by atoms with E-state index in [1.54, 1.807) is 11.6 Å². The summed E-state index contributed by atoms with van der Waals surface area (Å²) in [5.74, 6) is 0.799. The fraction of sp³-hybridized carbons (Fsp3) is 0.400. The molecule has 1 N–H and O–H groups in total. The Bertz CT molecular complexity index is 1170. The highest BCUT2D eigenvalue weighted by molar-refractivity contribution is 5.96. The van der Waals surface area contributed by atoms with E-state index in [0.717, 1.165) is 5.56 Å². The van der Waals surface area contributed by atoms with E-state index in [2.05, 4.69) is 46.4 Å². The first-order valence-corrected chi connectivity index (χ1v) is 11.3. The highest BCUT2D eigenvalue weighted by Crippen LogP contribution is 2.30. The molecule has 0 aliphatic carbocycles. The largest absolute Gasteiger partial charge is 0.493 e. The highest BCUT2D eigenvalue weighted by Gasteiger charge is 2.24. The molecule has 0 radical (unpaired) electrons. The molecule has 1 atom stereocenters. The smallest absolute Gasteiger partial charge is 0.311 e. The predicted octanol–water partition coefficient (Wildman–Crippen LogP) is 4.21. The first-order chi connectivity index (χ1) is 16.2. The van der Waals surface area contributed by atoms with Gasteiger partial charge in [0, 0.05) is 31.3 Å². The molecule has 1 aromatic carbocycles. The monoisotopic (exact) mass is 465 g/mol. The predicted molar refractivity (Wildman–Crippen MR) is 128 cm³/mol. The summed E-state index contributed by atoms with van der Waals surface area (Å²) in [6.45, 7) is 7.92. The van der Waals surface area contributed by atoms with Gasteiger partial charge in [0.1, 0.15) is 0 Å². The van der Waals surface area contributed by atoms with Gasteiger partial charge in [-0.15, -0.1) is 0 Å². The molecule has 0 aliphatic heterocycles. The summed E-state index contributed by atoms with van der Waals surface area (Å²) >= 11 is 0. The molecule has 0 unspecified atom stereocenters. The summed E-state index contributed by atoms with van der Waals surface area (Å²) in [4.78, 5) is 33.9. The molecule has 9 nitrogen and oxygen atoms in total. The number of benzene rings is 1. The molecule has 9 heteroatoms. The molecule has 2 aromatic heterocycles. The molecule has 3 aromatic rings. The van der Waals surface area contributed by atoms with Crippen molar-refractivity contribution in [2.75, 3.05) is 7.11 Å². The van der Waals surface area contributed by atoms with Crippen LogP contribution in [-0.2, 0) is 11.8 Å². The lowest BCUT2D eigenvalue weighted by Crippen LogP contribution is -2.29. The second-order valence-corrected chi connectivity index (χ2v) is 8.31. The second kappa shape index (κ2) is 10.9. The Hall–Kier alpha value is -3.75. The van der Waals surface area contributed by atoms with Crippen LogP contribution in [-0.4, -0.2) is 38.7 Å². The van der Waals surface area contributed by atoms with Gasteiger partial charge in [0.25, 0.3) is 5.91 Å². The number of amides is 1. The van der Waals surface area contributed by atoms with E-state index in [1.807, 2.05) is 26.1 Å². The third-order valence-electron chi connectivity index (χ3n) is 5.30. The van der Waals surface area contributed by atoms with Crippen LogP contribution in [0.15, 0.2) is 36.5 Å². The van der Waals surface area contributed by atoms with Crippen LogP contribution in [0.5, 0.6) is 11.5 Å². The van der Waals surface area contributed by atoms with Gasteiger partial charge < -0.3 is 14.8 Å². The fourth-order valence-electron chi connectivity index (χ4n) is 3.43. The van der Waals surface area contributed by atoms with Crippen LogP contribution < -0.4 is 14.8 Å². The van der Waals surface area contributed by atoms with E-state index in [-0.39, 0.29) is 23.6 Å². The molecule has 180 valence electrons. The highest BCUT2D eigenvalue weighted by atomic mass is 16.6. The van der Waals surface area contributed by atoms with Gasteiger partial charge in [-0.3, -0.25) is 9.59 Å². The minimum Gasteiger partial charge on any atom is -0.493 e. The SMILES string of the molecule is CCCC(=O)Oc1c(OC)ccnc1C(=O)N[C@@H](C)c1nc(-c2cccc(C(C)C)c2)n(C)n1. The molecule has 0 fully saturated rings. The molecule has 34 heavy (non-hydrogen) atoms. The third-order valence-corrected chi connectivity index (χ3v) is 5.30. The Balaban J connectivity index is 1.84. The summed E-state index contributed by atoms with van der Waals surface area (Å²) in [6, 6.07) is 9.18. The number of ether oxygens (including phenoxy) is 2. The number of methoxy groups -OCH3 is 1. The van der Waals surface area contributed by atoms with Crippen molar-refractivity contribution in [3.63, 3.8) is 0 Å². The number of carbonyl (C=O) groups is 2. The van der Waals surface area contributed by atoms with Crippen molar-refractivity contribution in [2.45, 2.75) is 52.5 Å². The molecule has 0 spiro atoms. The van der Waals surface area contributed by atoms with Crippen LogP contribution in [0, 0.1) is 0 Å². The van der Waals surface area contributed by atoms with E-state index < -0.39 is 17.9 Å². The van der Waals surface area contributed by atoms with Crippen LogP contribution in [0.1, 0.15) is 74.4 Å². The number of rotatable bonds is 9. The number of aryl methyl sites for hydroxylation is 1. The molecule has 3 rings (SSSR count). The standard InChI is InChI=1S/C25H31N5O4/c1-7-9-20(31)34-22-19(33-6)12-13-26-21(22)25(32)27-16(4)23-28-24(30(5)29-23)18-11-8-10-17(14-18)15(2)3/h8,10-16H,7,9H2,1-6H3,(H,27,32)/t16-/m0/s1. The Kier molecular flexibility index (Phi) is 7.99. The molecule has 0 saturated heterocycles. The quantitative estimate of drug-likeness (QED) is 0.472. The zero-order valence-corrected chi connectivity index (χ0v) is 20.5. The number of esters is 1. The Morgan fingerprint density at radius 3 is 2.62 bits per heavy atom. The molecule has 0 aliphatic rings. The Labute approximate surface area is 199 Å². The molecule has 0 saturated carbocycles. The van der Waals surface area contributed by atoms with Crippen molar-refractivity contribution in [3.05, 3.63) is 53.6 Å². The summed E-state index contributed by atoms with van der Waals surface area (Å²) in [5.41, 5.74) is 2.11. The number of aromatic nitrogens is 4. The van der Waals surface area contributed by atoms with Crippen molar-refractivity contribution in [2.24, 2.45) is 7.05 Å². The number of pyridine rings is 1. The number of hydrogen-bond acceptors (Lipinski definition) is 7. The minimum atomic E-state index is -0.526. The summed E-state index contributed by atoms with van der Waals surface area (Å²) in [6.07, 6.45) is 2.26. The van der Waals surface area contributed by atoms with E-state index in [0.29, 0.717) is 24.0 Å². The fourth-order valence-corrected chi connectivity index (χ4v) is 3.43. The first kappa shape index (κ1) is 24.9. The number of hydrogen-bond donors (Lipinski definition) is 1. The van der Waals surface area contributed by atoms with E-state index in [1.165, 1.54) is 24.9 Å². The van der Waals surface area contributed by atoms with Crippen molar-refractivity contribution < 1.29 is 19.1 Å². The third kappa shape index (κ3) is 5.59. The Morgan fingerprint density at radius 2 is 1.94 bits per heavy atom. The summed E-state index contributed by atoms with van der Waals surface area (Å²) in [7, 11) is 3.25. The summed E-state index contributed by atoms with van der Waals surface area (Å²) in [5, 5.41) is 7.34. The van der Waals surface area contributed by atoms with Crippen molar-refractivity contribution >= 4 is 11.9 Å².